The van der Waals surface area contributed by atoms with E-state index in [1.807, 2.05) is 12.1 Å². The van der Waals surface area contributed by atoms with Crippen LogP contribution in [0, 0.1) is 0 Å². The van der Waals surface area contributed by atoms with E-state index in [9.17, 15) is 9.59 Å². The number of anilines is 1. The lowest BCUT2D eigenvalue weighted by molar-refractivity contribution is -0.116. The second kappa shape index (κ2) is 8.92. The van der Waals surface area contributed by atoms with Gasteiger partial charge in [0, 0.05) is 23.8 Å². The van der Waals surface area contributed by atoms with E-state index in [1.54, 1.807) is 41.3 Å². The number of thiophene rings is 1. The molecule has 8 heteroatoms. The summed E-state index contributed by atoms with van der Waals surface area (Å²) < 4.78 is 2.25. The number of thioether (sulfide) groups is 1. The van der Waals surface area contributed by atoms with Crippen molar-refractivity contribution >= 4 is 40.5 Å². The van der Waals surface area contributed by atoms with E-state index in [0.29, 0.717) is 23.7 Å². The van der Waals surface area contributed by atoms with Gasteiger partial charge in [0.2, 0.25) is 5.91 Å². The molecule has 0 aliphatic heterocycles. The Kier molecular flexibility index (Phi) is 6.10. The summed E-state index contributed by atoms with van der Waals surface area (Å²) in [6, 6.07) is 11.7. The number of carbonyl (C=O) groups is 2. The minimum Gasteiger partial charge on any atom is -0.325 e. The number of para-hydroxylation sites is 1. The Morgan fingerprint density at radius 3 is 2.76 bits per heavy atom. The summed E-state index contributed by atoms with van der Waals surface area (Å²) in [7, 11) is 0. The first kappa shape index (κ1) is 19.8. The zero-order valence-corrected chi connectivity index (χ0v) is 17.8. The number of nitrogens with zero attached hydrogens (tertiary/aromatic N) is 3. The Labute approximate surface area is 177 Å². The van der Waals surface area contributed by atoms with Gasteiger partial charge >= 0.3 is 0 Å². The minimum atomic E-state index is -0.0813. The molecule has 0 saturated heterocycles. The van der Waals surface area contributed by atoms with Crippen LogP contribution in [0.5, 0.6) is 0 Å². The second-order valence-corrected chi connectivity index (χ2v) is 9.00. The SMILES string of the molecule is CC(=O)c1ccccc1NC(=O)CCCSc1nnc(-c2cccs2)n1C1CC1. The molecule has 150 valence electrons. The first-order valence-corrected chi connectivity index (χ1v) is 11.5. The van der Waals surface area contributed by atoms with Crippen LogP contribution in [-0.2, 0) is 4.79 Å². The molecule has 29 heavy (non-hydrogen) atoms. The van der Waals surface area contributed by atoms with Crippen molar-refractivity contribution < 1.29 is 9.59 Å². The third kappa shape index (κ3) is 4.76. The van der Waals surface area contributed by atoms with Crippen molar-refractivity contribution in [2.24, 2.45) is 0 Å². The van der Waals surface area contributed by atoms with Crippen LogP contribution in [0.1, 0.15) is 49.0 Å². The maximum atomic E-state index is 12.3. The molecule has 0 bridgehead atoms. The van der Waals surface area contributed by atoms with Crippen molar-refractivity contribution in [1.82, 2.24) is 14.8 Å². The van der Waals surface area contributed by atoms with Gasteiger partial charge in [0.05, 0.1) is 10.6 Å². The lowest BCUT2D eigenvalue weighted by Crippen LogP contribution is -2.14. The Hall–Kier alpha value is -2.45. The summed E-state index contributed by atoms with van der Waals surface area (Å²) in [5, 5.41) is 14.6. The molecule has 1 aliphatic carbocycles. The third-order valence-electron chi connectivity index (χ3n) is 4.68. The fourth-order valence-electron chi connectivity index (χ4n) is 3.12. The average molecular weight is 427 g/mol. The maximum absolute atomic E-state index is 12.3. The van der Waals surface area contributed by atoms with Gasteiger partial charge < -0.3 is 5.32 Å². The lowest BCUT2D eigenvalue weighted by Gasteiger charge is -2.09. The Balaban J connectivity index is 1.31. The van der Waals surface area contributed by atoms with E-state index in [-0.39, 0.29) is 11.7 Å². The smallest absolute Gasteiger partial charge is 0.224 e. The highest BCUT2D eigenvalue weighted by molar-refractivity contribution is 7.99. The molecule has 1 aliphatic rings. The highest BCUT2D eigenvalue weighted by atomic mass is 32.2. The van der Waals surface area contributed by atoms with Gasteiger partial charge in [-0.05, 0) is 49.8 Å². The predicted octanol–water partition coefficient (Wildman–Crippen LogP) is 5.06. The van der Waals surface area contributed by atoms with Gasteiger partial charge in [-0.25, -0.2) is 0 Å². The Bertz CT molecular complexity index is 1010. The molecule has 0 atom stereocenters. The summed E-state index contributed by atoms with van der Waals surface area (Å²) in [6.45, 7) is 1.50. The van der Waals surface area contributed by atoms with Crippen LogP contribution >= 0.6 is 23.1 Å². The van der Waals surface area contributed by atoms with Gasteiger partial charge in [-0.3, -0.25) is 14.2 Å². The molecule has 1 aromatic carbocycles. The minimum absolute atomic E-state index is 0.0580. The third-order valence-corrected chi connectivity index (χ3v) is 6.57. The number of hydrogen-bond acceptors (Lipinski definition) is 6. The number of carbonyl (C=O) groups excluding carboxylic acids is 2. The number of aromatic nitrogens is 3. The van der Waals surface area contributed by atoms with Crippen molar-refractivity contribution in [3.05, 3.63) is 47.3 Å². The fraction of sp³-hybridized carbons (Fsp3) is 0.333. The van der Waals surface area contributed by atoms with Crippen LogP contribution in [0.4, 0.5) is 5.69 Å². The first-order chi connectivity index (χ1) is 14.1. The van der Waals surface area contributed by atoms with E-state index in [2.05, 4.69) is 31.5 Å². The van der Waals surface area contributed by atoms with E-state index in [4.69, 9.17) is 0 Å². The molecule has 1 saturated carbocycles. The van der Waals surface area contributed by atoms with Crippen molar-refractivity contribution in [2.75, 3.05) is 11.1 Å². The second-order valence-electron chi connectivity index (χ2n) is 6.99. The number of hydrogen-bond donors (Lipinski definition) is 1. The van der Waals surface area contributed by atoms with Gasteiger partial charge in [0.1, 0.15) is 0 Å². The van der Waals surface area contributed by atoms with Gasteiger partial charge in [0.25, 0.3) is 0 Å². The number of Topliss-reactive ketones (excluding diaryl/α,β-unsaturated/α-hetero) is 1. The molecule has 1 fully saturated rings. The molecule has 0 spiro atoms. The van der Waals surface area contributed by atoms with Gasteiger partial charge in [-0.15, -0.1) is 21.5 Å². The van der Waals surface area contributed by atoms with Crippen LogP contribution in [-0.4, -0.2) is 32.2 Å². The van der Waals surface area contributed by atoms with E-state index >= 15 is 0 Å². The molecule has 6 nitrogen and oxygen atoms in total. The van der Waals surface area contributed by atoms with Crippen LogP contribution < -0.4 is 5.32 Å². The van der Waals surface area contributed by atoms with Crippen molar-refractivity contribution in [1.29, 1.82) is 0 Å². The molecule has 3 aromatic rings. The van der Waals surface area contributed by atoms with E-state index in [1.165, 1.54) is 19.8 Å². The average Bonchev–Trinajstić information content (AvgIpc) is 3.23. The monoisotopic (exact) mass is 426 g/mol. The van der Waals surface area contributed by atoms with Gasteiger partial charge in [-0.2, -0.15) is 0 Å². The summed E-state index contributed by atoms with van der Waals surface area (Å²) >= 11 is 3.33. The van der Waals surface area contributed by atoms with Crippen LogP contribution in [0.15, 0.2) is 46.9 Å². The van der Waals surface area contributed by atoms with E-state index < -0.39 is 0 Å². The summed E-state index contributed by atoms with van der Waals surface area (Å²) in [4.78, 5) is 25.1. The fourth-order valence-corrected chi connectivity index (χ4v) is 4.77. The highest BCUT2D eigenvalue weighted by Gasteiger charge is 2.30. The Morgan fingerprint density at radius 2 is 2.03 bits per heavy atom. The van der Waals surface area contributed by atoms with E-state index in [0.717, 1.165) is 28.0 Å². The molecule has 4 rings (SSSR count). The zero-order chi connectivity index (χ0) is 20.2. The number of benzene rings is 1. The zero-order valence-electron chi connectivity index (χ0n) is 16.1. The summed E-state index contributed by atoms with van der Waals surface area (Å²) in [6.07, 6.45) is 3.46. The number of nitrogens with one attached hydrogen (secondary N) is 1. The molecular weight excluding hydrogens is 404 g/mol. The molecular formula is C21H22N4O2S2. The molecule has 1 N–H and O–H groups in total. The van der Waals surface area contributed by atoms with Crippen molar-refractivity contribution in [2.45, 2.75) is 43.8 Å². The number of rotatable bonds is 9. The standard InChI is InChI=1S/C21H22N4O2S2/c1-14(26)16-6-2-3-7-17(16)22-19(27)9-5-13-29-21-24-23-20(18-8-4-12-28-18)25(21)15-10-11-15/h2-4,6-8,12,15H,5,9-11,13H2,1H3,(H,22,27). The largest absolute Gasteiger partial charge is 0.325 e. The number of amides is 1. The topological polar surface area (TPSA) is 76.9 Å². The first-order valence-electron chi connectivity index (χ1n) is 9.65. The molecule has 2 heterocycles. The summed E-state index contributed by atoms with van der Waals surface area (Å²) in [5.74, 6) is 1.60. The summed E-state index contributed by atoms with van der Waals surface area (Å²) in [5.41, 5.74) is 1.11. The maximum Gasteiger partial charge on any atom is 0.224 e. The molecule has 0 unspecified atom stereocenters. The van der Waals surface area contributed by atoms with Gasteiger partial charge in [0.15, 0.2) is 16.8 Å². The molecule has 1 amide bonds. The normalized spacial score (nSPS) is 13.4. The lowest BCUT2D eigenvalue weighted by atomic mass is 10.1. The predicted molar refractivity (Wildman–Crippen MR) is 117 cm³/mol. The van der Waals surface area contributed by atoms with Crippen molar-refractivity contribution in [3.8, 4) is 10.7 Å². The Morgan fingerprint density at radius 1 is 1.21 bits per heavy atom. The van der Waals surface area contributed by atoms with Gasteiger partial charge in [-0.1, -0.05) is 30.0 Å². The van der Waals surface area contributed by atoms with Crippen LogP contribution in [0.25, 0.3) is 10.7 Å². The number of ketones is 1. The van der Waals surface area contributed by atoms with Crippen LogP contribution in [0.2, 0.25) is 0 Å². The molecule has 2 aromatic heterocycles. The highest BCUT2D eigenvalue weighted by Crippen LogP contribution is 2.41. The van der Waals surface area contributed by atoms with Crippen LogP contribution in [0.3, 0.4) is 0 Å². The van der Waals surface area contributed by atoms with Crippen molar-refractivity contribution in [3.63, 3.8) is 0 Å². The molecule has 0 radical (unpaired) electrons. The quantitative estimate of drug-likeness (QED) is 0.294.